The fourth-order valence-corrected chi connectivity index (χ4v) is 1.24. The number of nitrogens with zero attached hydrogens (tertiary/aromatic N) is 1. The summed E-state index contributed by atoms with van der Waals surface area (Å²) < 4.78 is 43.5. The fourth-order valence-electron chi connectivity index (χ4n) is 1.11. The van der Waals surface area contributed by atoms with E-state index < -0.39 is 23.5 Å². The zero-order chi connectivity index (χ0) is 12.4. The summed E-state index contributed by atoms with van der Waals surface area (Å²) in [5.74, 6) is -4.29. The number of hydrogen-bond donors (Lipinski definition) is 0. The van der Waals surface area contributed by atoms with Crippen LogP contribution in [-0.4, -0.2) is 4.98 Å². The highest BCUT2D eigenvalue weighted by molar-refractivity contribution is 6.30. The summed E-state index contributed by atoms with van der Waals surface area (Å²) in [6.45, 7) is 0. The van der Waals surface area contributed by atoms with Crippen molar-refractivity contribution in [1.29, 1.82) is 0 Å². The molecule has 6 heteroatoms. The Bertz CT molecular complexity index is 545. The second kappa shape index (κ2) is 4.63. The maximum absolute atomic E-state index is 13.2. The Morgan fingerprint density at radius 1 is 1.00 bits per heavy atom. The van der Waals surface area contributed by atoms with E-state index in [9.17, 15) is 13.2 Å². The van der Waals surface area contributed by atoms with Gasteiger partial charge < -0.3 is 4.74 Å². The normalized spacial score (nSPS) is 10.4. The fraction of sp³-hybridized carbons (Fsp3) is 0. The summed E-state index contributed by atoms with van der Waals surface area (Å²) >= 11 is 5.64. The standard InChI is InChI=1S/C11H5ClF3NO/c12-6-1-3-7(4-2-6)17-11-9(14)5-8(13)10(15)16-11/h1-5H. The highest BCUT2D eigenvalue weighted by Gasteiger charge is 2.13. The molecule has 1 heterocycles. The molecule has 0 aliphatic rings. The van der Waals surface area contributed by atoms with Gasteiger partial charge in [0.1, 0.15) is 5.75 Å². The Morgan fingerprint density at radius 3 is 2.29 bits per heavy atom. The van der Waals surface area contributed by atoms with Crippen LogP contribution in [0.5, 0.6) is 11.6 Å². The molecule has 1 aromatic heterocycles. The predicted octanol–water partition coefficient (Wildman–Crippen LogP) is 3.94. The largest absolute Gasteiger partial charge is 0.436 e. The molecule has 0 spiro atoms. The summed E-state index contributed by atoms with van der Waals surface area (Å²) in [5.41, 5.74) is 0. The van der Waals surface area contributed by atoms with Crippen molar-refractivity contribution in [3.05, 3.63) is 52.9 Å². The first-order valence-electron chi connectivity index (χ1n) is 4.51. The van der Waals surface area contributed by atoms with E-state index in [1.165, 1.54) is 24.3 Å². The molecule has 2 nitrogen and oxygen atoms in total. The van der Waals surface area contributed by atoms with Gasteiger partial charge in [-0.25, -0.2) is 8.78 Å². The Hall–Kier alpha value is -1.75. The van der Waals surface area contributed by atoms with Crippen molar-refractivity contribution >= 4 is 11.6 Å². The number of rotatable bonds is 2. The lowest BCUT2D eigenvalue weighted by Gasteiger charge is -2.05. The van der Waals surface area contributed by atoms with Gasteiger partial charge in [0.15, 0.2) is 11.6 Å². The molecule has 0 fully saturated rings. The Labute approximate surface area is 99.6 Å². The van der Waals surface area contributed by atoms with E-state index in [2.05, 4.69) is 4.98 Å². The summed E-state index contributed by atoms with van der Waals surface area (Å²) in [6, 6.07) is 6.28. The topological polar surface area (TPSA) is 22.1 Å². The van der Waals surface area contributed by atoms with Crippen LogP contribution in [0.15, 0.2) is 30.3 Å². The number of benzene rings is 1. The molecule has 0 bridgehead atoms. The van der Waals surface area contributed by atoms with Crippen molar-refractivity contribution in [2.75, 3.05) is 0 Å². The lowest BCUT2D eigenvalue weighted by atomic mass is 10.3. The van der Waals surface area contributed by atoms with Crippen LogP contribution in [-0.2, 0) is 0 Å². The van der Waals surface area contributed by atoms with Crippen LogP contribution in [0.4, 0.5) is 13.2 Å². The van der Waals surface area contributed by atoms with E-state index in [0.717, 1.165) is 0 Å². The first-order chi connectivity index (χ1) is 8.06. The second-order valence-corrected chi connectivity index (χ2v) is 3.54. The predicted molar refractivity (Wildman–Crippen MR) is 55.6 cm³/mol. The average Bonchev–Trinajstić information content (AvgIpc) is 2.29. The lowest BCUT2D eigenvalue weighted by molar-refractivity contribution is 0.387. The zero-order valence-corrected chi connectivity index (χ0v) is 9.01. The summed E-state index contributed by atoms with van der Waals surface area (Å²) in [4.78, 5) is 3.02. The molecule has 0 N–H and O–H groups in total. The molecule has 0 radical (unpaired) electrons. The van der Waals surface area contributed by atoms with Crippen LogP contribution in [0.1, 0.15) is 0 Å². The summed E-state index contributed by atoms with van der Waals surface area (Å²) in [5, 5.41) is 0.469. The molecule has 2 aromatic rings. The number of aromatic nitrogens is 1. The third-order valence-corrected chi connectivity index (χ3v) is 2.13. The van der Waals surface area contributed by atoms with Gasteiger partial charge in [-0.15, -0.1) is 0 Å². The molecule has 0 saturated carbocycles. The van der Waals surface area contributed by atoms with Crippen molar-refractivity contribution in [2.45, 2.75) is 0 Å². The Kier molecular flexibility index (Phi) is 3.19. The van der Waals surface area contributed by atoms with E-state index in [-0.39, 0.29) is 5.75 Å². The van der Waals surface area contributed by atoms with Crippen molar-refractivity contribution in [3.8, 4) is 11.6 Å². The summed E-state index contributed by atoms with van der Waals surface area (Å²) in [6.07, 6.45) is 0. The van der Waals surface area contributed by atoms with E-state index >= 15 is 0 Å². The number of pyridine rings is 1. The van der Waals surface area contributed by atoms with Crippen LogP contribution in [0.25, 0.3) is 0 Å². The number of ether oxygens (including phenoxy) is 1. The molecular weight excluding hydrogens is 255 g/mol. The minimum absolute atomic E-state index is 0.215. The van der Waals surface area contributed by atoms with E-state index in [0.29, 0.717) is 11.1 Å². The highest BCUT2D eigenvalue weighted by atomic mass is 35.5. The SMILES string of the molecule is Fc1cc(F)c(Oc2ccc(Cl)cc2)nc1F. The van der Waals surface area contributed by atoms with Crippen molar-refractivity contribution in [1.82, 2.24) is 4.98 Å². The van der Waals surface area contributed by atoms with Crippen LogP contribution < -0.4 is 4.74 Å². The quantitative estimate of drug-likeness (QED) is 0.762. The molecule has 2 rings (SSSR count). The Morgan fingerprint density at radius 2 is 1.65 bits per heavy atom. The van der Waals surface area contributed by atoms with E-state index in [1.807, 2.05) is 0 Å². The smallest absolute Gasteiger partial charge is 0.258 e. The minimum atomic E-state index is -1.42. The van der Waals surface area contributed by atoms with Crippen LogP contribution in [0, 0.1) is 17.6 Å². The minimum Gasteiger partial charge on any atom is -0.436 e. The van der Waals surface area contributed by atoms with Gasteiger partial charge in [0.2, 0.25) is 0 Å². The molecule has 1 aromatic carbocycles. The van der Waals surface area contributed by atoms with Gasteiger partial charge in [-0.1, -0.05) is 11.6 Å². The molecular formula is C11H5ClF3NO. The van der Waals surface area contributed by atoms with E-state index in [4.69, 9.17) is 16.3 Å². The molecule has 0 aliphatic carbocycles. The van der Waals surface area contributed by atoms with Crippen LogP contribution in [0.3, 0.4) is 0 Å². The van der Waals surface area contributed by atoms with Crippen LogP contribution >= 0.6 is 11.6 Å². The number of halogens is 4. The third-order valence-electron chi connectivity index (χ3n) is 1.88. The Balaban J connectivity index is 2.30. The zero-order valence-electron chi connectivity index (χ0n) is 8.25. The lowest BCUT2D eigenvalue weighted by Crippen LogP contribution is -1.97. The molecule has 0 saturated heterocycles. The monoisotopic (exact) mass is 259 g/mol. The van der Waals surface area contributed by atoms with Crippen LogP contribution in [0.2, 0.25) is 5.02 Å². The molecule has 0 atom stereocenters. The molecule has 88 valence electrons. The van der Waals surface area contributed by atoms with Gasteiger partial charge in [0.05, 0.1) is 0 Å². The first kappa shape index (κ1) is 11.7. The first-order valence-corrected chi connectivity index (χ1v) is 4.89. The van der Waals surface area contributed by atoms with E-state index in [1.54, 1.807) is 0 Å². The van der Waals surface area contributed by atoms with Crippen molar-refractivity contribution in [3.63, 3.8) is 0 Å². The van der Waals surface area contributed by atoms with Gasteiger partial charge in [0.25, 0.3) is 11.8 Å². The third kappa shape index (κ3) is 2.68. The van der Waals surface area contributed by atoms with Gasteiger partial charge in [-0.05, 0) is 24.3 Å². The molecule has 17 heavy (non-hydrogen) atoms. The van der Waals surface area contributed by atoms with Gasteiger partial charge in [-0.2, -0.15) is 9.37 Å². The highest BCUT2D eigenvalue weighted by Crippen LogP contribution is 2.24. The van der Waals surface area contributed by atoms with Gasteiger partial charge in [-0.3, -0.25) is 0 Å². The molecule has 0 aliphatic heterocycles. The van der Waals surface area contributed by atoms with Crippen molar-refractivity contribution in [2.24, 2.45) is 0 Å². The van der Waals surface area contributed by atoms with Gasteiger partial charge >= 0.3 is 0 Å². The van der Waals surface area contributed by atoms with Crippen molar-refractivity contribution < 1.29 is 17.9 Å². The number of hydrogen-bond acceptors (Lipinski definition) is 2. The summed E-state index contributed by atoms with van der Waals surface area (Å²) in [7, 11) is 0. The average molecular weight is 260 g/mol. The molecule has 0 unspecified atom stereocenters. The maximum atomic E-state index is 13.2. The maximum Gasteiger partial charge on any atom is 0.258 e. The molecule has 0 amide bonds. The second-order valence-electron chi connectivity index (χ2n) is 3.10. The van der Waals surface area contributed by atoms with Gasteiger partial charge in [0, 0.05) is 11.1 Å².